The molecule has 0 aliphatic heterocycles. The van der Waals surface area contributed by atoms with Gasteiger partial charge >= 0.3 is 5.97 Å². The third-order valence-electron chi connectivity index (χ3n) is 2.65. The summed E-state index contributed by atoms with van der Waals surface area (Å²) in [5.74, 6) is 0.559. The fraction of sp³-hybridized carbons (Fsp3) is 0.533. The summed E-state index contributed by atoms with van der Waals surface area (Å²) in [6, 6.07) is 7.14. The van der Waals surface area contributed by atoms with E-state index in [1.165, 1.54) is 0 Å². The van der Waals surface area contributed by atoms with Gasteiger partial charge in [0, 0.05) is 0 Å². The third kappa shape index (κ3) is 6.78. The molecule has 1 aromatic carbocycles. The van der Waals surface area contributed by atoms with E-state index < -0.39 is 6.10 Å². The predicted octanol–water partition coefficient (Wildman–Crippen LogP) is 2.55. The Morgan fingerprint density at radius 1 is 1.35 bits per heavy atom. The van der Waals surface area contributed by atoms with Crippen molar-refractivity contribution in [2.24, 2.45) is 0 Å². The van der Waals surface area contributed by atoms with Gasteiger partial charge in [-0.15, -0.1) is 11.6 Å². The molecule has 0 fully saturated rings. The van der Waals surface area contributed by atoms with Gasteiger partial charge in [-0.05, 0) is 24.1 Å². The second-order valence-electron chi connectivity index (χ2n) is 4.51. The Hall–Kier alpha value is -1.26. The van der Waals surface area contributed by atoms with Crippen LogP contribution in [-0.4, -0.2) is 36.3 Å². The minimum absolute atomic E-state index is 0.141. The molecule has 0 aromatic heterocycles. The lowest BCUT2D eigenvalue weighted by Gasteiger charge is -2.10. The summed E-state index contributed by atoms with van der Waals surface area (Å²) in [5, 5.41) is 9.28. The van der Waals surface area contributed by atoms with Crippen molar-refractivity contribution in [2.45, 2.75) is 32.3 Å². The maximum Gasteiger partial charge on any atom is 0.310 e. The van der Waals surface area contributed by atoms with Gasteiger partial charge in [0.25, 0.3) is 0 Å². The molecule has 112 valence electrons. The van der Waals surface area contributed by atoms with E-state index in [1.54, 1.807) is 12.1 Å². The lowest BCUT2D eigenvalue weighted by molar-refractivity contribution is -0.142. The standard InChI is InChI=1S/C15H21ClO4/c1-2-3-8-19-15(18)9-12-4-6-14(7-5-12)20-11-13(17)10-16/h4-7,13,17H,2-3,8-11H2,1H3. The molecule has 0 radical (unpaired) electrons. The fourth-order valence-corrected chi connectivity index (χ4v) is 1.58. The lowest BCUT2D eigenvalue weighted by atomic mass is 10.1. The number of carbonyl (C=O) groups excluding carboxylic acids is 1. The fourth-order valence-electron chi connectivity index (χ4n) is 1.49. The number of aliphatic hydroxyl groups excluding tert-OH is 1. The third-order valence-corrected chi connectivity index (χ3v) is 3.01. The first-order chi connectivity index (χ1) is 9.65. The minimum atomic E-state index is -0.676. The Kier molecular flexibility index (Phi) is 8.07. The summed E-state index contributed by atoms with van der Waals surface area (Å²) in [4.78, 5) is 11.5. The highest BCUT2D eigenvalue weighted by Gasteiger charge is 2.06. The Balaban J connectivity index is 2.36. The van der Waals surface area contributed by atoms with Crippen LogP contribution < -0.4 is 4.74 Å². The van der Waals surface area contributed by atoms with Gasteiger partial charge in [-0.2, -0.15) is 0 Å². The quantitative estimate of drug-likeness (QED) is 0.432. The zero-order valence-corrected chi connectivity index (χ0v) is 12.4. The Labute approximate surface area is 124 Å². The molecular weight excluding hydrogens is 280 g/mol. The van der Waals surface area contributed by atoms with Gasteiger partial charge in [0.2, 0.25) is 0 Å². The molecule has 1 atom stereocenters. The number of esters is 1. The molecule has 1 unspecified atom stereocenters. The van der Waals surface area contributed by atoms with E-state index in [9.17, 15) is 9.90 Å². The number of benzene rings is 1. The molecule has 20 heavy (non-hydrogen) atoms. The van der Waals surface area contributed by atoms with Crippen molar-refractivity contribution in [2.75, 3.05) is 19.1 Å². The molecule has 0 saturated heterocycles. The average Bonchev–Trinajstić information content (AvgIpc) is 2.46. The normalized spacial score (nSPS) is 11.9. The van der Waals surface area contributed by atoms with Crippen molar-refractivity contribution in [3.05, 3.63) is 29.8 Å². The minimum Gasteiger partial charge on any atom is -0.491 e. The van der Waals surface area contributed by atoms with Crippen LogP contribution in [0.3, 0.4) is 0 Å². The average molecular weight is 301 g/mol. The van der Waals surface area contributed by atoms with Gasteiger partial charge in [-0.1, -0.05) is 25.5 Å². The van der Waals surface area contributed by atoms with Crippen LogP contribution in [0.1, 0.15) is 25.3 Å². The van der Waals surface area contributed by atoms with E-state index in [0.29, 0.717) is 12.4 Å². The number of rotatable bonds is 9. The predicted molar refractivity (Wildman–Crippen MR) is 78.2 cm³/mol. The van der Waals surface area contributed by atoms with Gasteiger partial charge in [-0.3, -0.25) is 4.79 Å². The number of alkyl halides is 1. The number of aliphatic hydroxyl groups is 1. The van der Waals surface area contributed by atoms with Crippen molar-refractivity contribution in [3.63, 3.8) is 0 Å². The van der Waals surface area contributed by atoms with Crippen LogP contribution in [0.4, 0.5) is 0 Å². The van der Waals surface area contributed by atoms with Crippen molar-refractivity contribution in [3.8, 4) is 5.75 Å². The van der Waals surface area contributed by atoms with Crippen molar-refractivity contribution in [1.29, 1.82) is 0 Å². The highest BCUT2D eigenvalue weighted by Crippen LogP contribution is 2.13. The first-order valence-corrected chi connectivity index (χ1v) is 7.30. The van der Waals surface area contributed by atoms with Crippen LogP contribution in [0, 0.1) is 0 Å². The second-order valence-corrected chi connectivity index (χ2v) is 4.82. The van der Waals surface area contributed by atoms with Crippen LogP contribution in [0.25, 0.3) is 0 Å². The molecule has 0 bridgehead atoms. The first-order valence-electron chi connectivity index (χ1n) is 6.77. The number of ether oxygens (including phenoxy) is 2. The zero-order valence-electron chi connectivity index (χ0n) is 11.7. The zero-order chi connectivity index (χ0) is 14.8. The van der Waals surface area contributed by atoms with Gasteiger partial charge in [0.05, 0.1) is 18.9 Å². The first kappa shape index (κ1) is 16.8. The molecule has 0 saturated carbocycles. The Bertz CT molecular complexity index is 391. The van der Waals surface area contributed by atoms with Gasteiger partial charge in [0.1, 0.15) is 18.5 Å². The molecular formula is C15H21ClO4. The van der Waals surface area contributed by atoms with Crippen molar-refractivity contribution < 1.29 is 19.4 Å². The van der Waals surface area contributed by atoms with Crippen molar-refractivity contribution in [1.82, 2.24) is 0 Å². The van der Waals surface area contributed by atoms with Gasteiger partial charge in [0.15, 0.2) is 0 Å². The number of unbranched alkanes of at least 4 members (excludes halogenated alkanes) is 1. The number of carbonyl (C=O) groups is 1. The van der Waals surface area contributed by atoms with Gasteiger partial charge < -0.3 is 14.6 Å². The smallest absolute Gasteiger partial charge is 0.310 e. The maximum absolute atomic E-state index is 11.5. The summed E-state index contributed by atoms with van der Waals surface area (Å²) in [6.45, 7) is 2.68. The molecule has 1 aromatic rings. The largest absolute Gasteiger partial charge is 0.491 e. The number of hydrogen-bond acceptors (Lipinski definition) is 4. The summed E-state index contributed by atoms with van der Waals surface area (Å²) in [6.07, 6.45) is 1.48. The monoisotopic (exact) mass is 300 g/mol. The highest BCUT2D eigenvalue weighted by molar-refractivity contribution is 6.18. The molecule has 5 heteroatoms. The molecule has 0 aliphatic rings. The van der Waals surface area contributed by atoms with Crippen molar-refractivity contribution >= 4 is 17.6 Å². The molecule has 1 rings (SSSR count). The summed E-state index contributed by atoms with van der Waals surface area (Å²) in [7, 11) is 0. The molecule has 1 N–H and O–H groups in total. The molecule has 0 heterocycles. The van der Waals surface area contributed by atoms with E-state index in [-0.39, 0.29) is 24.9 Å². The molecule has 0 amide bonds. The Morgan fingerprint density at radius 2 is 2.05 bits per heavy atom. The van der Waals surface area contributed by atoms with E-state index in [1.807, 2.05) is 19.1 Å². The van der Waals surface area contributed by atoms with Crippen LogP contribution in [0.5, 0.6) is 5.75 Å². The second kappa shape index (κ2) is 9.61. The SMILES string of the molecule is CCCCOC(=O)Cc1ccc(OCC(O)CCl)cc1. The topological polar surface area (TPSA) is 55.8 Å². The maximum atomic E-state index is 11.5. The number of hydrogen-bond donors (Lipinski definition) is 1. The summed E-state index contributed by atoms with van der Waals surface area (Å²) in [5.41, 5.74) is 0.872. The summed E-state index contributed by atoms with van der Waals surface area (Å²) < 4.78 is 10.4. The Morgan fingerprint density at radius 3 is 2.65 bits per heavy atom. The van der Waals surface area contributed by atoms with E-state index in [4.69, 9.17) is 21.1 Å². The number of halogens is 1. The van der Waals surface area contributed by atoms with E-state index >= 15 is 0 Å². The van der Waals surface area contributed by atoms with Gasteiger partial charge in [-0.25, -0.2) is 0 Å². The molecule has 4 nitrogen and oxygen atoms in total. The van der Waals surface area contributed by atoms with E-state index in [2.05, 4.69) is 0 Å². The van der Waals surface area contributed by atoms with Crippen LogP contribution in [0.15, 0.2) is 24.3 Å². The molecule has 0 aliphatic carbocycles. The van der Waals surface area contributed by atoms with Crippen LogP contribution >= 0.6 is 11.6 Å². The van der Waals surface area contributed by atoms with E-state index in [0.717, 1.165) is 18.4 Å². The highest BCUT2D eigenvalue weighted by atomic mass is 35.5. The summed E-state index contributed by atoms with van der Waals surface area (Å²) >= 11 is 5.47. The molecule has 0 spiro atoms. The van der Waals surface area contributed by atoms with Crippen LogP contribution in [-0.2, 0) is 16.0 Å². The lowest BCUT2D eigenvalue weighted by Crippen LogP contribution is -2.18. The van der Waals surface area contributed by atoms with Crippen LogP contribution in [0.2, 0.25) is 0 Å².